The number of carbonyl (C=O) groups excluding carboxylic acids is 1. The Kier molecular flexibility index (Phi) is 7.19. The van der Waals surface area contributed by atoms with Crippen molar-refractivity contribution < 1.29 is 9.53 Å². The van der Waals surface area contributed by atoms with Crippen LogP contribution < -0.4 is 15.8 Å². The van der Waals surface area contributed by atoms with Gasteiger partial charge in [-0.1, -0.05) is 24.8 Å². The predicted octanol–water partition coefficient (Wildman–Crippen LogP) is 2.14. The van der Waals surface area contributed by atoms with E-state index < -0.39 is 5.54 Å². The minimum atomic E-state index is -0.438. The molecule has 0 aromatic heterocycles. The number of nitrogens with one attached hydrogen (secondary N) is 1. The summed E-state index contributed by atoms with van der Waals surface area (Å²) in [5.74, 6) is 0.359. The molecule has 1 rings (SSSR count). The van der Waals surface area contributed by atoms with Crippen LogP contribution in [-0.4, -0.2) is 24.6 Å². The van der Waals surface area contributed by atoms with E-state index in [-0.39, 0.29) is 18.3 Å². The van der Waals surface area contributed by atoms with Crippen LogP contribution in [-0.2, 0) is 0 Å². The molecule has 0 spiro atoms. The van der Waals surface area contributed by atoms with Crippen molar-refractivity contribution in [3.05, 3.63) is 42.5 Å². The Morgan fingerprint density at radius 1 is 1.47 bits per heavy atom. The average Bonchev–Trinajstić information content (AvgIpc) is 2.33. The molecule has 0 saturated carbocycles. The van der Waals surface area contributed by atoms with Crippen LogP contribution in [0, 0.1) is 0 Å². The Bertz CT molecular complexity index is 428. The summed E-state index contributed by atoms with van der Waals surface area (Å²) in [7, 11) is 0. The van der Waals surface area contributed by atoms with Crippen molar-refractivity contribution in [2.45, 2.75) is 19.4 Å². The van der Waals surface area contributed by atoms with Gasteiger partial charge in [0.15, 0.2) is 0 Å². The van der Waals surface area contributed by atoms with Crippen molar-refractivity contribution >= 4 is 18.3 Å². The van der Waals surface area contributed by atoms with Crippen LogP contribution in [0.5, 0.6) is 5.75 Å². The highest BCUT2D eigenvalue weighted by atomic mass is 35.5. The lowest BCUT2D eigenvalue weighted by Gasteiger charge is -2.19. The zero-order chi connectivity index (χ0) is 13.6. The van der Waals surface area contributed by atoms with Crippen LogP contribution in [0.2, 0.25) is 0 Å². The van der Waals surface area contributed by atoms with Crippen LogP contribution >= 0.6 is 12.4 Å². The highest BCUT2D eigenvalue weighted by Gasteiger charge is 2.15. The summed E-state index contributed by atoms with van der Waals surface area (Å²) >= 11 is 0. The number of ether oxygens (including phenoxy) is 1. The Hall–Kier alpha value is -1.52. The van der Waals surface area contributed by atoms with E-state index in [0.717, 1.165) is 0 Å². The lowest BCUT2D eigenvalue weighted by molar-refractivity contribution is 0.0942. The number of hydrogen-bond acceptors (Lipinski definition) is 3. The molecule has 0 aliphatic carbocycles. The smallest absolute Gasteiger partial charge is 0.255 e. The van der Waals surface area contributed by atoms with Gasteiger partial charge in [-0.3, -0.25) is 4.79 Å². The molecule has 1 amide bonds. The molecule has 0 bridgehead atoms. The average molecular weight is 285 g/mol. The van der Waals surface area contributed by atoms with Gasteiger partial charge in [0, 0.05) is 12.1 Å². The summed E-state index contributed by atoms with van der Waals surface area (Å²) in [6.07, 6.45) is 1.64. The molecule has 1 aromatic carbocycles. The molecule has 0 aliphatic rings. The highest BCUT2D eigenvalue weighted by Crippen LogP contribution is 2.17. The molecular formula is C14H21ClN2O2. The van der Waals surface area contributed by atoms with Crippen molar-refractivity contribution in [2.75, 3.05) is 13.2 Å². The van der Waals surface area contributed by atoms with E-state index in [4.69, 9.17) is 10.5 Å². The largest absolute Gasteiger partial charge is 0.489 e. The number of carbonyl (C=O) groups is 1. The second kappa shape index (κ2) is 7.81. The molecule has 106 valence electrons. The molecular weight excluding hydrogens is 264 g/mol. The number of rotatable bonds is 6. The summed E-state index contributed by atoms with van der Waals surface area (Å²) < 4.78 is 5.43. The van der Waals surface area contributed by atoms with Gasteiger partial charge in [-0.25, -0.2) is 0 Å². The molecule has 3 N–H and O–H groups in total. The van der Waals surface area contributed by atoms with E-state index in [0.29, 0.717) is 24.5 Å². The summed E-state index contributed by atoms with van der Waals surface area (Å²) in [4.78, 5) is 12.0. The summed E-state index contributed by atoms with van der Waals surface area (Å²) in [5.41, 5.74) is 5.89. The first kappa shape index (κ1) is 17.5. The van der Waals surface area contributed by atoms with E-state index in [9.17, 15) is 4.79 Å². The van der Waals surface area contributed by atoms with Gasteiger partial charge < -0.3 is 15.8 Å². The molecule has 0 saturated heterocycles. The lowest BCUT2D eigenvalue weighted by Crippen LogP contribution is -2.45. The first-order valence-electron chi connectivity index (χ1n) is 5.84. The molecule has 0 atom stereocenters. The summed E-state index contributed by atoms with van der Waals surface area (Å²) in [6.45, 7) is 8.06. The summed E-state index contributed by atoms with van der Waals surface area (Å²) in [5, 5.41) is 2.79. The standard InChI is InChI=1S/C14H20N2O2.ClH/c1-4-9-18-12-8-6-5-7-11(12)13(17)16-10-14(2,3)15;/h4-8H,1,9-10,15H2,2-3H3,(H,16,17);1H. The van der Waals surface area contributed by atoms with Gasteiger partial charge in [0.05, 0.1) is 5.56 Å². The molecule has 0 fully saturated rings. The van der Waals surface area contributed by atoms with Crippen LogP contribution in [0.25, 0.3) is 0 Å². The minimum absolute atomic E-state index is 0. The maximum Gasteiger partial charge on any atom is 0.255 e. The predicted molar refractivity (Wildman–Crippen MR) is 80.0 cm³/mol. The zero-order valence-corrected chi connectivity index (χ0v) is 12.1. The first-order chi connectivity index (χ1) is 8.44. The molecule has 5 heteroatoms. The Morgan fingerprint density at radius 3 is 2.68 bits per heavy atom. The van der Waals surface area contributed by atoms with Gasteiger partial charge in [0.2, 0.25) is 0 Å². The fraction of sp³-hybridized carbons (Fsp3) is 0.357. The molecule has 4 nitrogen and oxygen atoms in total. The van der Waals surface area contributed by atoms with E-state index in [1.807, 2.05) is 19.9 Å². The topological polar surface area (TPSA) is 64.3 Å². The number of nitrogens with two attached hydrogens (primary N) is 1. The van der Waals surface area contributed by atoms with Crippen LogP contribution in [0.1, 0.15) is 24.2 Å². The normalized spacial score (nSPS) is 10.3. The number of halogens is 1. The molecule has 19 heavy (non-hydrogen) atoms. The van der Waals surface area contributed by atoms with E-state index >= 15 is 0 Å². The van der Waals surface area contributed by atoms with Gasteiger partial charge in [-0.05, 0) is 26.0 Å². The Balaban J connectivity index is 0.00000324. The fourth-order valence-corrected chi connectivity index (χ4v) is 1.33. The van der Waals surface area contributed by atoms with Crippen LogP contribution in [0.3, 0.4) is 0 Å². The number of hydrogen-bond donors (Lipinski definition) is 2. The minimum Gasteiger partial charge on any atom is -0.489 e. The van der Waals surface area contributed by atoms with Crippen molar-refractivity contribution in [3.8, 4) is 5.75 Å². The number of amides is 1. The van der Waals surface area contributed by atoms with Crippen molar-refractivity contribution in [1.29, 1.82) is 0 Å². The second-order valence-corrected chi connectivity index (χ2v) is 4.77. The van der Waals surface area contributed by atoms with Crippen molar-refractivity contribution in [2.24, 2.45) is 5.73 Å². The van der Waals surface area contributed by atoms with E-state index in [2.05, 4.69) is 11.9 Å². The zero-order valence-electron chi connectivity index (χ0n) is 11.3. The third-order valence-corrected chi connectivity index (χ3v) is 2.19. The van der Waals surface area contributed by atoms with E-state index in [1.165, 1.54) is 0 Å². The molecule has 0 unspecified atom stereocenters. The van der Waals surface area contributed by atoms with Gasteiger partial charge in [0.25, 0.3) is 5.91 Å². The van der Waals surface area contributed by atoms with Crippen LogP contribution in [0.4, 0.5) is 0 Å². The SMILES string of the molecule is C=CCOc1ccccc1C(=O)NCC(C)(C)N.Cl. The molecule has 0 radical (unpaired) electrons. The third-order valence-electron chi connectivity index (χ3n) is 2.19. The number of para-hydroxylation sites is 1. The maximum absolute atomic E-state index is 12.0. The maximum atomic E-state index is 12.0. The number of benzene rings is 1. The lowest BCUT2D eigenvalue weighted by atomic mass is 10.1. The molecule has 0 heterocycles. The first-order valence-corrected chi connectivity index (χ1v) is 5.84. The molecule has 1 aromatic rings. The van der Waals surface area contributed by atoms with Crippen LogP contribution in [0.15, 0.2) is 36.9 Å². The fourth-order valence-electron chi connectivity index (χ4n) is 1.33. The molecule has 0 aliphatic heterocycles. The Morgan fingerprint density at radius 2 is 2.11 bits per heavy atom. The monoisotopic (exact) mass is 284 g/mol. The van der Waals surface area contributed by atoms with Gasteiger partial charge in [-0.2, -0.15) is 0 Å². The third kappa shape index (κ3) is 6.27. The van der Waals surface area contributed by atoms with Gasteiger partial charge in [-0.15, -0.1) is 12.4 Å². The van der Waals surface area contributed by atoms with Crippen molar-refractivity contribution in [1.82, 2.24) is 5.32 Å². The highest BCUT2D eigenvalue weighted by molar-refractivity contribution is 5.96. The Labute approximate surface area is 120 Å². The van der Waals surface area contributed by atoms with Gasteiger partial charge in [0.1, 0.15) is 12.4 Å². The van der Waals surface area contributed by atoms with Gasteiger partial charge >= 0.3 is 0 Å². The second-order valence-electron chi connectivity index (χ2n) is 4.77. The quantitative estimate of drug-likeness (QED) is 0.787. The van der Waals surface area contributed by atoms with E-state index in [1.54, 1.807) is 24.3 Å². The summed E-state index contributed by atoms with van der Waals surface area (Å²) in [6, 6.07) is 7.09. The van der Waals surface area contributed by atoms with Crippen molar-refractivity contribution in [3.63, 3.8) is 0 Å².